The number of nitrogens with two attached hydrogens (primary N) is 2. The molecule has 0 aromatic heterocycles. The minimum absolute atomic E-state index is 0.557. The van der Waals surface area contributed by atoms with Gasteiger partial charge in [-0.2, -0.15) is 10.5 Å². The molecular formula is C10H12N6O4. The van der Waals surface area contributed by atoms with Gasteiger partial charge < -0.3 is 11.5 Å². The molecule has 0 spiro atoms. The maximum atomic E-state index is 11.7. The van der Waals surface area contributed by atoms with Crippen LogP contribution in [0.25, 0.3) is 0 Å². The van der Waals surface area contributed by atoms with Gasteiger partial charge in [-0.3, -0.25) is 29.8 Å². The Hall–Kier alpha value is -3.14. The van der Waals surface area contributed by atoms with Gasteiger partial charge >= 0.3 is 0 Å². The topological polar surface area (TPSA) is 192 Å². The number of primary amides is 2. The van der Waals surface area contributed by atoms with Crippen LogP contribution in [0.15, 0.2) is 0 Å². The summed E-state index contributed by atoms with van der Waals surface area (Å²) >= 11 is 0. The Morgan fingerprint density at radius 3 is 1.90 bits per heavy atom. The second-order valence-corrected chi connectivity index (χ2v) is 3.75. The van der Waals surface area contributed by atoms with Crippen molar-refractivity contribution in [2.24, 2.45) is 23.3 Å². The van der Waals surface area contributed by atoms with E-state index in [1.165, 1.54) is 12.4 Å². The van der Waals surface area contributed by atoms with Gasteiger partial charge in [-0.1, -0.05) is 0 Å². The molecule has 0 bridgehead atoms. The Morgan fingerprint density at radius 1 is 0.950 bits per heavy atom. The maximum absolute atomic E-state index is 11.7. The van der Waals surface area contributed by atoms with E-state index in [1.54, 1.807) is 10.6 Å². The van der Waals surface area contributed by atoms with Crippen LogP contribution in [0.1, 0.15) is 12.8 Å². The van der Waals surface area contributed by atoms with Crippen LogP contribution in [0, 0.1) is 34.7 Å². The van der Waals surface area contributed by atoms with E-state index in [2.05, 4.69) is 0 Å². The second-order valence-electron chi connectivity index (χ2n) is 3.75. The third-order valence-corrected chi connectivity index (χ3v) is 2.39. The summed E-state index contributed by atoms with van der Waals surface area (Å²) in [6.45, 7) is 0. The number of nitrogens with one attached hydrogen (secondary N) is 2. The van der Waals surface area contributed by atoms with Crippen molar-refractivity contribution in [1.82, 2.24) is 10.6 Å². The summed E-state index contributed by atoms with van der Waals surface area (Å²) in [6, 6.07) is 0. The standard InChI is InChI=1S/C10H12N6O4/c11-3-15-8(18)2-6(10(20)16-4-12)5(9(14)19)1-7(13)17/h5-6H,1-2H2,(H2,13,17)(H2,14,19)(H,15,18)(H,16,20). The summed E-state index contributed by atoms with van der Waals surface area (Å²) < 4.78 is 0. The quantitative estimate of drug-likeness (QED) is 0.286. The van der Waals surface area contributed by atoms with Crippen molar-refractivity contribution in [3.05, 3.63) is 0 Å². The summed E-state index contributed by atoms with van der Waals surface area (Å²) in [4.78, 5) is 45.1. The lowest BCUT2D eigenvalue weighted by Gasteiger charge is -2.20. The van der Waals surface area contributed by atoms with E-state index < -0.39 is 48.3 Å². The van der Waals surface area contributed by atoms with E-state index in [0.29, 0.717) is 0 Å². The number of hydrogen-bond acceptors (Lipinski definition) is 6. The predicted molar refractivity (Wildman–Crippen MR) is 62.1 cm³/mol. The SMILES string of the molecule is N#CNC(=O)CC(C(=O)NC#N)C(CC(N)=O)C(N)=O. The van der Waals surface area contributed by atoms with Gasteiger partial charge in [0.2, 0.25) is 23.6 Å². The molecule has 0 aromatic rings. The van der Waals surface area contributed by atoms with Gasteiger partial charge in [-0.05, 0) is 0 Å². The number of hydrogen-bond donors (Lipinski definition) is 4. The van der Waals surface area contributed by atoms with Crippen molar-refractivity contribution < 1.29 is 19.2 Å². The first kappa shape index (κ1) is 16.9. The molecule has 0 saturated heterocycles. The second kappa shape index (κ2) is 8.05. The molecule has 0 aliphatic heterocycles. The Labute approximate surface area is 113 Å². The molecular weight excluding hydrogens is 268 g/mol. The van der Waals surface area contributed by atoms with Crippen molar-refractivity contribution >= 4 is 23.6 Å². The summed E-state index contributed by atoms with van der Waals surface area (Å²) in [5, 5.41) is 20.2. The zero-order chi connectivity index (χ0) is 15.7. The van der Waals surface area contributed by atoms with Crippen LogP contribution >= 0.6 is 0 Å². The largest absolute Gasteiger partial charge is 0.370 e. The number of carbonyl (C=O) groups is 4. The van der Waals surface area contributed by atoms with E-state index in [0.717, 1.165) is 0 Å². The van der Waals surface area contributed by atoms with Crippen LogP contribution in [0.4, 0.5) is 0 Å². The predicted octanol–water partition coefficient (Wildman–Crippen LogP) is -2.84. The molecule has 0 fully saturated rings. The van der Waals surface area contributed by atoms with E-state index in [-0.39, 0.29) is 0 Å². The fourth-order valence-electron chi connectivity index (χ4n) is 1.54. The summed E-state index contributed by atoms with van der Waals surface area (Å²) in [7, 11) is 0. The van der Waals surface area contributed by atoms with Crippen LogP contribution in [-0.4, -0.2) is 23.6 Å². The normalized spacial score (nSPS) is 12.1. The molecule has 0 rings (SSSR count). The number of amides is 4. The van der Waals surface area contributed by atoms with E-state index in [9.17, 15) is 19.2 Å². The molecule has 20 heavy (non-hydrogen) atoms. The van der Waals surface area contributed by atoms with E-state index in [4.69, 9.17) is 22.0 Å². The molecule has 0 radical (unpaired) electrons. The molecule has 10 heteroatoms. The van der Waals surface area contributed by atoms with Gasteiger partial charge in [0.15, 0.2) is 12.4 Å². The van der Waals surface area contributed by atoms with Crippen molar-refractivity contribution in [3.8, 4) is 12.4 Å². The van der Waals surface area contributed by atoms with Crippen LogP contribution in [0.5, 0.6) is 0 Å². The molecule has 0 saturated carbocycles. The van der Waals surface area contributed by atoms with E-state index >= 15 is 0 Å². The van der Waals surface area contributed by atoms with Crippen LogP contribution in [0.3, 0.4) is 0 Å². The van der Waals surface area contributed by atoms with Gasteiger partial charge in [0.05, 0.1) is 11.8 Å². The molecule has 2 atom stereocenters. The average Bonchev–Trinajstić information content (AvgIpc) is 2.33. The summed E-state index contributed by atoms with van der Waals surface area (Å²) in [5.74, 6) is -6.49. The number of nitrogens with zero attached hydrogens (tertiary/aromatic N) is 2. The highest BCUT2D eigenvalue weighted by atomic mass is 16.2. The smallest absolute Gasteiger partial charge is 0.237 e. The van der Waals surface area contributed by atoms with Gasteiger partial charge in [0, 0.05) is 12.8 Å². The lowest BCUT2D eigenvalue weighted by Crippen LogP contribution is -2.43. The molecule has 10 nitrogen and oxygen atoms in total. The molecule has 0 aromatic carbocycles. The van der Waals surface area contributed by atoms with E-state index in [1.807, 2.05) is 0 Å². The van der Waals surface area contributed by atoms with Gasteiger partial charge in [-0.25, -0.2) is 0 Å². The Morgan fingerprint density at radius 2 is 1.50 bits per heavy atom. The van der Waals surface area contributed by atoms with Crippen LogP contribution in [-0.2, 0) is 19.2 Å². The number of carbonyl (C=O) groups excluding carboxylic acids is 4. The molecule has 0 heterocycles. The molecule has 0 aliphatic carbocycles. The van der Waals surface area contributed by atoms with Gasteiger partial charge in [-0.15, -0.1) is 0 Å². The number of rotatable bonds is 7. The van der Waals surface area contributed by atoms with Crippen molar-refractivity contribution in [3.63, 3.8) is 0 Å². The minimum Gasteiger partial charge on any atom is -0.370 e. The Balaban J connectivity index is 5.25. The first-order valence-electron chi connectivity index (χ1n) is 5.28. The van der Waals surface area contributed by atoms with Crippen LogP contribution in [0.2, 0.25) is 0 Å². The van der Waals surface area contributed by atoms with Crippen LogP contribution < -0.4 is 22.1 Å². The van der Waals surface area contributed by atoms with Crippen molar-refractivity contribution in [2.75, 3.05) is 0 Å². The zero-order valence-electron chi connectivity index (χ0n) is 10.3. The highest BCUT2D eigenvalue weighted by molar-refractivity contribution is 5.93. The summed E-state index contributed by atoms with van der Waals surface area (Å²) in [5.41, 5.74) is 10.00. The highest BCUT2D eigenvalue weighted by Crippen LogP contribution is 2.20. The Bertz CT molecular complexity index is 503. The lowest BCUT2D eigenvalue weighted by atomic mass is 9.85. The fourth-order valence-corrected chi connectivity index (χ4v) is 1.54. The first-order valence-corrected chi connectivity index (χ1v) is 5.28. The fraction of sp³-hybridized carbons (Fsp3) is 0.400. The molecule has 106 valence electrons. The third-order valence-electron chi connectivity index (χ3n) is 2.39. The molecule has 6 N–H and O–H groups in total. The van der Waals surface area contributed by atoms with Crippen molar-refractivity contribution in [2.45, 2.75) is 12.8 Å². The summed E-state index contributed by atoms with van der Waals surface area (Å²) in [6.07, 6.45) is 1.53. The van der Waals surface area contributed by atoms with Gasteiger partial charge in [0.25, 0.3) is 0 Å². The zero-order valence-corrected chi connectivity index (χ0v) is 10.3. The first-order chi connectivity index (χ1) is 9.33. The molecule has 0 aliphatic rings. The number of nitriles is 2. The minimum atomic E-state index is -1.38. The molecule has 2 unspecified atom stereocenters. The highest BCUT2D eigenvalue weighted by Gasteiger charge is 2.35. The lowest BCUT2D eigenvalue weighted by molar-refractivity contribution is -0.137. The molecule has 4 amide bonds. The maximum Gasteiger partial charge on any atom is 0.237 e. The Kier molecular flexibility index (Phi) is 6.78. The van der Waals surface area contributed by atoms with Crippen molar-refractivity contribution in [1.29, 1.82) is 10.5 Å². The third kappa shape index (κ3) is 5.46. The average molecular weight is 280 g/mol. The van der Waals surface area contributed by atoms with Gasteiger partial charge in [0.1, 0.15) is 0 Å². The monoisotopic (exact) mass is 280 g/mol.